The normalized spacial score (nSPS) is 13.9. The van der Waals surface area contributed by atoms with Crippen LogP contribution in [0.3, 0.4) is 0 Å². The summed E-state index contributed by atoms with van der Waals surface area (Å²) >= 11 is 0. The Morgan fingerprint density at radius 3 is 2.81 bits per heavy atom. The van der Waals surface area contributed by atoms with Crippen LogP contribution in [0.5, 0.6) is 5.75 Å². The molecule has 186 valence electrons. The van der Waals surface area contributed by atoms with Crippen LogP contribution in [0.25, 0.3) is 11.4 Å². The van der Waals surface area contributed by atoms with Gasteiger partial charge in [0.25, 0.3) is 5.91 Å². The standard InChI is InChI=1S/C25H27N7O4/c1-3-36-25(34)22(9-11-26)28-16-14-32(15-16)17-7-8-20(23(13-17)35-2)30-24(33)21-6-4-5-18(29-21)19-10-12-27-31-19/h4-13,16H,3,14-15,26H2,1-2H3,(H,27,31)(H,30,33). The molecule has 0 aliphatic carbocycles. The minimum absolute atomic E-state index is 0.0702. The Morgan fingerprint density at radius 2 is 2.11 bits per heavy atom. The molecule has 1 aromatic carbocycles. The minimum Gasteiger partial charge on any atom is -0.494 e. The second-order valence-electron chi connectivity index (χ2n) is 7.87. The number of ether oxygens (including phenoxy) is 2. The molecule has 0 spiro atoms. The zero-order valence-electron chi connectivity index (χ0n) is 20.0. The molecule has 1 aliphatic heterocycles. The molecule has 36 heavy (non-hydrogen) atoms. The largest absolute Gasteiger partial charge is 0.494 e. The summed E-state index contributed by atoms with van der Waals surface area (Å²) in [5, 5.41) is 9.62. The predicted octanol–water partition coefficient (Wildman–Crippen LogP) is 2.40. The van der Waals surface area contributed by atoms with Crippen molar-refractivity contribution in [1.82, 2.24) is 15.2 Å². The summed E-state index contributed by atoms with van der Waals surface area (Å²) in [6.45, 7) is 3.23. The first-order valence-electron chi connectivity index (χ1n) is 11.4. The number of rotatable bonds is 9. The molecule has 1 saturated heterocycles. The lowest BCUT2D eigenvalue weighted by Crippen LogP contribution is -2.50. The number of aliphatic imine (C=N–C) groups is 1. The van der Waals surface area contributed by atoms with Gasteiger partial charge in [-0.25, -0.2) is 9.78 Å². The number of methoxy groups -OCH3 is 1. The highest BCUT2D eigenvalue weighted by molar-refractivity contribution is 6.41. The van der Waals surface area contributed by atoms with Crippen LogP contribution in [0.4, 0.5) is 11.4 Å². The van der Waals surface area contributed by atoms with E-state index in [0.717, 1.165) is 11.4 Å². The lowest BCUT2D eigenvalue weighted by atomic mass is 10.1. The first-order valence-corrected chi connectivity index (χ1v) is 11.4. The first-order chi connectivity index (χ1) is 17.5. The van der Waals surface area contributed by atoms with Crippen molar-refractivity contribution in [2.24, 2.45) is 10.7 Å². The fourth-order valence-corrected chi connectivity index (χ4v) is 3.68. The number of esters is 1. The number of nitrogens with two attached hydrogens (primary N) is 1. The number of benzene rings is 1. The molecule has 11 heteroatoms. The van der Waals surface area contributed by atoms with Gasteiger partial charge >= 0.3 is 5.97 Å². The summed E-state index contributed by atoms with van der Waals surface area (Å²) in [6, 6.07) is 12.4. The number of carbonyl (C=O) groups is 2. The van der Waals surface area contributed by atoms with Gasteiger partial charge in [-0.15, -0.1) is 0 Å². The molecule has 11 nitrogen and oxygen atoms in total. The number of nitrogens with one attached hydrogen (secondary N) is 2. The summed E-state index contributed by atoms with van der Waals surface area (Å²) in [4.78, 5) is 35.8. The summed E-state index contributed by atoms with van der Waals surface area (Å²) in [5.41, 5.74) is 8.66. The van der Waals surface area contributed by atoms with Gasteiger partial charge in [0.2, 0.25) is 0 Å². The average molecular weight is 490 g/mol. The van der Waals surface area contributed by atoms with Crippen molar-refractivity contribution >= 4 is 29.0 Å². The molecule has 1 amide bonds. The van der Waals surface area contributed by atoms with Gasteiger partial charge in [-0.05, 0) is 49.5 Å². The van der Waals surface area contributed by atoms with Gasteiger partial charge in [0, 0.05) is 31.0 Å². The maximum absolute atomic E-state index is 12.9. The highest BCUT2D eigenvalue weighted by Crippen LogP contribution is 2.32. The molecular weight excluding hydrogens is 462 g/mol. The molecule has 0 saturated carbocycles. The van der Waals surface area contributed by atoms with E-state index in [9.17, 15) is 9.59 Å². The number of anilines is 2. The van der Waals surface area contributed by atoms with Gasteiger partial charge in [-0.3, -0.25) is 14.9 Å². The fourth-order valence-electron chi connectivity index (χ4n) is 3.68. The van der Waals surface area contributed by atoms with Crippen molar-refractivity contribution in [3.63, 3.8) is 0 Å². The maximum Gasteiger partial charge on any atom is 0.356 e. The Kier molecular flexibility index (Phi) is 7.59. The number of hydrogen-bond donors (Lipinski definition) is 3. The van der Waals surface area contributed by atoms with Gasteiger partial charge in [-0.2, -0.15) is 5.10 Å². The molecule has 2 aromatic heterocycles. The zero-order valence-corrected chi connectivity index (χ0v) is 20.0. The van der Waals surface area contributed by atoms with Crippen molar-refractivity contribution < 1.29 is 19.1 Å². The van der Waals surface area contributed by atoms with Gasteiger partial charge < -0.3 is 25.4 Å². The van der Waals surface area contributed by atoms with Crippen molar-refractivity contribution in [3.8, 4) is 17.1 Å². The van der Waals surface area contributed by atoms with Crippen LogP contribution in [-0.4, -0.2) is 65.6 Å². The van der Waals surface area contributed by atoms with E-state index in [0.29, 0.717) is 30.2 Å². The predicted molar refractivity (Wildman–Crippen MR) is 136 cm³/mol. The number of amides is 1. The Labute approximate surface area is 208 Å². The van der Waals surface area contributed by atoms with Gasteiger partial charge in [0.15, 0.2) is 0 Å². The van der Waals surface area contributed by atoms with E-state index in [4.69, 9.17) is 15.2 Å². The quantitative estimate of drug-likeness (QED) is 0.307. The third kappa shape index (κ3) is 5.52. The smallest absolute Gasteiger partial charge is 0.356 e. The van der Waals surface area contributed by atoms with E-state index in [1.54, 1.807) is 50.6 Å². The average Bonchev–Trinajstić information content (AvgIpc) is 3.41. The van der Waals surface area contributed by atoms with Gasteiger partial charge in [0.05, 0.1) is 36.8 Å². The monoisotopic (exact) mass is 489 g/mol. The lowest BCUT2D eigenvalue weighted by Gasteiger charge is -2.39. The van der Waals surface area contributed by atoms with Crippen LogP contribution in [-0.2, 0) is 9.53 Å². The molecule has 3 heterocycles. The minimum atomic E-state index is -0.496. The number of aromatic amines is 1. The van der Waals surface area contributed by atoms with Crippen molar-refractivity contribution in [2.75, 3.05) is 37.0 Å². The number of hydrogen-bond acceptors (Lipinski definition) is 9. The molecule has 0 unspecified atom stereocenters. The molecule has 0 bridgehead atoms. The summed E-state index contributed by atoms with van der Waals surface area (Å²) in [5.74, 6) is -0.347. The van der Waals surface area contributed by atoms with Crippen molar-refractivity contribution in [2.45, 2.75) is 13.0 Å². The van der Waals surface area contributed by atoms with Crippen LogP contribution in [0.2, 0.25) is 0 Å². The van der Waals surface area contributed by atoms with Gasteiger partial charge in [-0.1, -0.05) is 6.07 Å². The fraction of sp³-hybridized carbons (Fsp3) is 0.240. The molecule has 4 N–H and O–H groups in total. The molecule has 0 radical (unpaired) electrons. The summed E-state index contributed by atoms with van der Waals surface area (Å²) in [6.07, 6.45) is 4.34. The summed E-state index contributed by atoms with van der Waals surface area (Å²) < 4.78 is 10.5. The highest BCUT2D eigenvalue weighted by atomic mass is 16.5. The Hall–Kier alpha value is -4.67. The van der Waals surface area contributed by atoms with E-state index >= 15 is 0 Å². The molecule has 1 aliphatic rings. The Balaban J connectivity index is 1.43. The van der Waals surface area contributed by atoms with Crippen LogP contribution < -0.4 is 20.7 Å². The van der Waals surface area contributed by atoms with E-state index < -0.39 is 5.97 Å². The SMILES string of the molecule is CCOC(=O)C(C=CN)=NC1CN(c2ccc(NC(=O)c3cccc(-c4ccn[nH]4)n3)c(OC)c2)C1. The Bertz CT molecular complexity index is 1280. The topological polar surface area (TPSA) is 148 Å². The number of carbonyl (C=O) groups excluding carboxylic acids is 2. The second-order valence-corrected chi connectivity index (χ2v) is 7.87. The van der Waals surface area contributed by atoms with E-state index in [2.05, 4.69) is 30.4 Å². The molecular formula is C25H27N7O4. The van der Waals surface area contributed by atoms with Crippen LogP contribution in [0.15, 0.2) is 65.9 Å². The number of pyridine rings is 1. The Morgan fingerprint density at radius 1 is 1.28 bits per heavy atom. The highest BCUT2D eigenvalue weighted by Gasteiger charge is 2.28. The van der Waals surface area contributed by atoms with E-state index in [1.165, 1.54) is 12.3 Å². The molecule has 0 atom stereocenters. The zero-order chi connectivity index (χ0) is 25.5. The summed E-state index contributed by atoms with van der Waals surface area (Å²) in [7, 11) is 1.54. The van der Waals surface area contributed by atoms with E-state index in [-0.39, 0.29) is 30.0 Å². The molecule has 4 rings (SSSR count). The third-order valence-corrected chi connectivity index (χ3v) is 5.48. The van der Waals surface area contributed by atoms with E-state index in [1.807, 2.05) is 12.1 Å². The number of nitrogens with zero attached hydrogens (tertiary/aromatic N) is 4. The van der Waals surface area contributed by atoms with Crippen molar-refractivity contribution in [1.29, 1.82) is 0 Å². The molecule has 1 fully saturated rings. The second kappa shape index (κ2) is 11.2. The lowest BCUT2D eigenvalue weighted by molar-refractivity contribution is -0.134. The van der Waals surface area contributed by atoms with Crippen LogP contribution in [0, 0.1) is 0 Å². The van der Waals surface area contributed by atoms with Crippen LogP contribution in [0.1, 0.15) is 17.4 Å². The van der Waals surface area contributed by atoms with Gasteiger partial charge in [0.1, 0.15) is 17.2 Å². The number of H-pyrrole nitrogens is 1. The van der Waals surface area contributed by atoms with Crippen molar-refractivity contribution in [3.05, 3.63) is 66.6 Å². The molecule has 3 aromatic rings. The third-order valence-electron chi connectivity index (χ3n) is 5.48. The van der Waals surface area contributed by atoms with Crippen LogP contribution >= 0.6 is 0 Å². The maximum atomic E-state index is 12.9. The first kappa shape index (κ1) is 24.5. The number of aromatic nitrogens is 3.